The maximum atomic E-state index is 11.7. The lowest BCUT2D eigenvalue weighted by atomic mass is 10.1. The summed E-state index contributed by atoms with van der Waals surface area (Å²) in [4.78, 5) is 11.7. The van der Waals surface area contributed by atoms with Crippen LogP contribution in [0.5, 0.6) is 11.5 Å². The maximum Gasteiger partial charge on any atom is 0.191 e. The van der Waals surface area contributed by atoms with E-state index in [1.807, 2.05) is 54.9 Å². The number of methoxy groups -OCH3 is 1. The first-order chi connectivity index (χ1) is 13.5. The van der Waals surface area contributed by atoms with E-state index in [0.717, 1.165) is 33.6 Å². The predicted molar refractivity (Wildman–Crippen MR) is 110 cm³/mol. The number of hydrogen-bond donors (Lipinski definition) is 0. The van der Waals surface area contributed by atoms with Gasteiger partial charge in [-0.3, -0.25) is 4.79 Å². The Labute approximate surface area is 168 Å². The molecule has 0 bridgehead atoms. The van der Waals surface area contributed by atoms with E-state index in [1.165, 1.54) is 0 Å². The van der Waals surface area contributed by atoms with E-state index in [-0.39, 0.29) is 5.78 Å². The van der Waals surface area contributed by atoms with E-state index in [1.54, 1.807) is 31.9 Å². The van der Waals surface area contributed by atoms with Crippen molar-refractivity contribution in [1.29, 1.82) is 0 Å². The predicted octanol–water partition coefficient (Wildman–Crippen LogP) is 4.38. The topological polar surface area (TPSA) is 66.2 Å². The summed E-state index contributed by atoms with van der Waals surface area (Å²) in [5, 5.41) is 9.44. The maximum absolute atomic E-state index is 11.7. The fourth-order valence-electron chi connectivity index (χ4n) is 2.85. The number of rotatable bonds is 8. The molecule has 1 heterocycles. The van der Waals surface area contributed by atoms with Gasteiger partial charge in [-0.1, -0.05) is 23.9 Å². The van der Waals surface area contributed by atoms with Crippen LogP contribution in [0, 0.1) is 0 Å². The molecule has 0 amide bonds. The van der Waals surface area contributed by atoms with Crippen LogP contribution in [0.1, 0.15) is 29.8 Å². The number of thioether (sulfide) groups is 1. The van der Waals surface area contributed by atoms with Crippen molar-refractivity contribution < 1.29 is 14.3 Å². The molecule has 0 radical (unpaired) electrons. The van der Waals surface area contributed by atoms with E-state index in [9.17, 15) is 4.79 Å². The molecular weight excluding hydrogens is 374 g/mol. The molecule has 0 aliphatic heterocycles. The summed E-state index contributed by atoms with van der Waals surface area (Å²) >= 11 is 1.55. The van der Waals surface area contributed by atoms with Gasteiger partial charge in [-0.25, -0.2) is 0 Å². The zero-order valence-corrected chi connectivity index (χ0v) is 17.2. The number of carbonyl (C=O) groups is 1. The molecule has 3 aromatic rings. The first kappa shape index (κ1) is 19.9. The van der Waals surface area contributed by atoms with Gasteiger partial charge in [0.25, 0.3) is 0 Å². The lowest BCUT2D eigenvalue weighted by Crippen LogP contribution is -2.00. The number of Topliss-reactive ketones (excluding diaryl/α,β-unsaturated/α-hetero) is 1. The SMILES string of the molecule is CCOc1ccc(C(C)=O)cc1CSc1nnc(-c2ccccc2OC)n1C. The van der Waals surface area contributed by atoms with Crippen molar-refractivity contribution in [2.45, 2.75) is 24.8 Å². The molecule has 1 aromatic heterocycles. The molecule has 28 heavy (non-hydrogen) atoms. The second-order valence-electron chi connectivity index (χ2n) is 6.17. The van der Waals surface area contributed by atoms with Crippen molar-refractivity contribution in [3.63, 3.8) is 0 Å². The molecule has 2 aromatic carbocycles. The zero-order valence-electron chi connectivity index (χ0n) is 16.4. The molecule has 0 unspecified atom stereocenters. The summed E-state index contributed by atoms with van der Waals surface area (Å²) in [5.74, 6) is 2.93. The Morgan fingerprint density at radius 3 is 2.64 bits per heavy atom. The minimum absolute atomic E-state index is 0.0337. The standard InChI is InChI=1S/C21H23N3O3S/c1-5-27-18-11-10-15(14(2)25)12-16(18)13-28-21-23-22-20(24(21)3)17-8-6-7-9-19(17)26-4/h6-12H,5,13H2,1-4H3. The Kier molecular flexibility index (Phi) is 6.36. The number of nitrogens with zero attached hydrogens (tertiary/aromatic N) is 3. The second-order valence-corrected chi connectivity index (χ2v) is 7.11. The quantitative estimate of drug-likeness (QED) is 0.415. The summed E-state index contributed by atoms with van der Waals surface area (Å²) in [6.45, 7) is 4.08. The highest BCUT2D eigenvalue weighted by molar-refractivity contribution is 7.98. The van der Waals surface area contributed by atoms with Gasteiger partial charge >= 0.3 is 0 Å². The van der Waals surface area contributed by atoms with Crippen molar-refractivity contribution in [1.82, 2.24) is 14.8 Å². The van der Waals surface area contributed by atoms with E-state index >= 15 is 0 Å². The Morgan fingerprint density at radius 1 is 1.14 bits per heavy atom. The monoisotopic (exact) mass is 397 g/mol. The van der Waals surface area contributed by atoms with Gasteiger partial charge in [0.05, 0.1) is 19.3 Å². The van der Waals surface area contributed by atoms with Crippen molar-refractivity contribution in [3.05, 3.63) is 53.6 Å². The Bertz CT molecular complexity index is 985. The number of carbonyl (C=O) groups excluding carboxylic acids is 1. The molecule has 0 N–H and O–H groups in total. The zero-order chi connectivity index (χ0) is 20.1. The van der Waals surface area contributed by atoms with Crippen molar-refractivity contribution in [2.24, 2.45) is 7.05 Å². The third-order valence-electron chi connectivity index (χ3n) is 4.31. The normalized spacial score (nSPS) is 10.7. The Hall–Kier alpha value is -2.80. The number of ether oxygens (including phenoxy) is 2. The largest absolute Gasteiger partial charge is 0.496 e. The average Bonchev–Trinajstić information content (AvgIpc) is 3.07. The highest BCUT2D eigenvalue weighted by atomic mass is 32.2. The molecule has 6 nitrogen and oxygen atoms in total. The third kappa shape index (κ3) is 4.20. The lowest BCUT2D eigenvalue weighted by molar-refractivity contribution is 0.101. The van der Waals surface area contributed by atoms with Gasteiger partial charge in [0, 0.05) is 23.9 Å². The van der Waals surface area contributed by atoms with Gasteiger partial charge in [-0.05, 0) is 44.2 Å². The van der Waals surface area contributed by atoms with Gasteiger partial charge in [-0.15, -0.1) is 10.2 Å². The average molecular weight is 398 g/mol. The molecular formula is C21H23N3O3S. The van der Waals surface area contributed by atoms with Crippen molar-refractivity contribution in [2.75, 3.05) is 13.7 Å². The smallest absolute Gasteiger partial charge is 0.191 e. The molecule has 0 fully saturated rings. The van der Waals surface area contributed by atoms with Crippen LogP contribution in [0.25, 0.3) is 11.4 Å². The molecule has 3 rings (SSSR count). The van der Waals surface area contributed by atoms with E-state index < -0.39 is 0 Å². The first-order valence-corrected chi connectivity index (χ1v) is 9.96. The number of aromatic nitrogens is 3. The fourth-order valence-corrected chi connectivity index (χ4v) is 3.74. The van der Waals surface area contributed by atoms with E-state index in [2.05, 4.69) is 10.2 Å². The van der Waals surface area contributed by atoms with Gasteiger partial charge in [-0.2, -0.15) is 0 Å². The van der Waals surface area contributed by atoms with Crippen LogP contribution in [-0.4, -0.2) is 34.3 Å². The fraction of sp³-hybridized carbons (Fsp3) is 0.286. The van der Waals surface area contributed by atoms with Gasteiger partial charge in [0.15, 0.2) is 16.8 Å². The summed E-state index contributed by atoms with van der Waals surface area (Å²) < 4.78 is 13.1. The van der Waals surface area contributed by atoms with E-state index in [4.69, 9.17) is 9.47 Å². The highest BCUT2D eigenvalue weighted by Crippen LogP contribution is 2.32. The second kappa shape index (κ2) is 8.93. The minimum Gasteiger partial charge on any atom is -0.496 e. The molecule has 7 heteroatoms. The molecule has 146 valence electrons. The number of ketones is 1. The third-order valence-corrected chi connectivity index (χ3v) is 5.38. The number of hydrogen-bond acceptors (Lipinski definition) is 6. The molecule has 0 saturated carbocycles. The van der Waals surface area contributed by atoms with Crippen LogP contribution in [-0.2, 0) is 12.8 Å². The summed E-state index contributed by atoms with van der Waals surface area (Å²) in [7, 11) is 3.57. The highest BCUT2D eigenvalue weighted by Gasteiger charge is 2.16. The summed E-state index contributed by atoms with van der Waals surface area (Å²) in [5.41, 5.74) is 2.52. The molecule has 0 aliphatic rings. The number of benzene rings is 2. The van der Waals surface area contributed by atoms with Crippen LogP contribution in [0.15, 0.2) is 47.6 Å². The molecule has 0 atom stereocenters. The van der Waals surface area contributed by atoms with Crippen LogP contribution in [0.3, 0.4) is 0 Å². The van der Waals surface area contributed by atoms with E-state index in [0.29, 0.717) is 17.9 Å². The summed E-state index contributed by atoms with van der Waals surface area (Å²) in [6.07, 6.45) is 0. The van der Waals surface area contributed by atoms with Crippen LogP contribution < -0.4 is 9.47 Å². The Morgan fingerprint density at radius 2 is 1.93 bits per heavy atom. The van der Waals surface area contributed by atoms with Crippen molar-refractivity contribution in [3.8, 4) is 22.9 Å². The molecule has 0 spiro atoms. The van der Waals surface area contributed by atoms with Crippen LogP contribution in [0.4, 0.5) is 0 Å². The van der Waals surface area contributed by atoms with Crippen LogP contribution in [0.2, 0.25) is 0 Å². The molecule has 0 saturated heterocycles. The molecule has 0 aliphatic carbocycles. The number of para-hydroxylation sites is 1. The summed E-state index contributed by atoms with van der Waals surface area (Å²) in [6, 6.07) is 13.3. The lowest BCUT2D eigenvalue weighted by Gasteiger charge is -2.11. The Balaban J connectivity index is 1.85. The minimum atomic E-state index is 0.0337. The van der Waals surface area contributed by atoms with Gasteiger partial charge in [0.2, 0.25) is 0 Å². The van der Waals surface area contributed by atoms with Gasteiger partial charge in [0.1, 0.15) is 11.5 Å². The first-order valence-electron chi connectivity index (χ1n) is 8.97. The van der Waals surface area contributed by atoms with Gasteiger partial charge < -0.3 is 14.0 Å². The van der Waals surface area contributed by atoms with Crippen LogP contribution >= 0.6 is 11.8 Å². The van der Waals surface area contributed by atoms with Crippen molar-refractivity contribution >= 4 is 17.5 Å².